The number of unbranched alkanes of at least 4 members (excludes halogenated alkanes) is 1. The van der Waals surface area contributed by atoms with E-state index in [4.69, 9.17) is 4.74 Å². The van der Waals surface area contributed by atoms with Gasteiger partial charge in [0.25, 0.3) is 0 Å². The fourth-order valence-electron chi connectivity index (χ4n) is 3.44. The number of amides is 3. The molecule has 2 N–H and O–H groups in total. The molecule has 0 bridgehead atoms. The van der Waals surface area contributed by atoms with E-state index in [1.165, 1.54) is 0 Å². The first-order valence-corrected chi connectivity index (χ1v) is 11.8. The number of rotatable bonds is 8. The van der Waals surface area contributed by atoms with Gasteiger partial charge in [0.05, 0.1) is 0 Å². The van der Waals surface area contributed by atoms with Gasteiger partial charge in [-0.2, -0.15) is 0 Å². The van der Waals surface area contributed by atoms with E-state index in [1.807, 2.05) is 52.8 Å². The van der Waals surface area contributed by atoms with E-state index in [0.717, 1.165) is 29.5 Å². The van der Waals surface area contributed by atoms with Gasteiger partial charge in [0.2, 0.25) is 11.8 Å². The number of nitrogens with zero attached hydrogens (tertiary/aromatic N) is 1. The Kier molecular flexibility index (Phi) is 9.94. The van der Waals surface area contributed by atoms with Crippen molar-refractivity contribution in [3.05, 3.63) is 34.9 Å². The average Bonchev–Trinajstić information content (AvgIpc) is 2.65. The molecule has 2 unspecified atom stereocenters. The number of hydrogen-bond donors (Lipinski definition) is 2. The molecule has 0 aliphatic heterocycles. The smallest absolute Gasteiger partial charge is 0.408 e. The number of benzene rings is 1. The minimum Gasteiger partial charge on any atom is -0.444 e. The van der Waals surface area contributed by atoms with Crippen molar-refractivity contribution in [1.29, 1.82) is 0 Å². The molecule has 7 heteroatoms. The molecule has 33 heavy (non-hydrogen) atoms. The lowest BCUT2D eigenvalue weighted by molar-refractivity contribution is -0.148. The second-order valence-electron chi connectivity index (χ2n) is 10.6. The lowest BCUT2D eigenvalue weighted by Crippen LogP contribution is -2.58. The molecule has 2 atom stereocenters. The number of alkyl carbamates (subject to hydrolysis) is 1. The molecule has 0 aliphatic carbocycles. The summed E-state index contributed by atoms with van der Waals surface area (Å²) in [5, 5.41) is 5.61. The van der Waals surface area contributed by atoms with Crippen LogP contribution < -0.4 is 10.6 Å². The summed E-state index contributed by atoms with van der Waals surface area (Å²) in [4.78, 5) is 41.0. The summed E-state index contributed by atoms with van der Waals surface area (Å²) in [6.45, 7) is 19.1. The minimum atomic E-state index is -0.878. The Labute approximate surface area is 199 Å². The molecule has 186 valence electrons. The fourth-order valence-corrected chi connectivity index (χ4v) is 3.44. The summed E-state index contributed by atoms with van der Waals surface area (Å²) in [5.41, 5.74) is 1.52. The molecule has 0 aliphatic rings. The van der Waals surface area contributed by atoms with Crippen LogP contribution in [0.4, 0.5) is 4.79 Å². The first-order valence-electron chi connectivity index (χ1n) is 11.8. The number of hydrogen-bond acceptors (Lipinski definition) is 4. The van der Waals surface area contributed by atoms with E-state index in [-0.39, 0.29) is 11.8 Å². The van der Waals surface area contributed by atoms with Crippen molar-refractivity contribution in [3.8, 4) is 0 Å². The molecule has 1 aromatic carbocycles. The van der Waals surface area contributed by atoms with Crippen LogP contribution in [0.2, 0.25) is 0 Å². The third kappa shape index (κ3) is 8.71. The van der Waals surface area contributed by atoms with E-state index in [9.17, 15) is 14.4 Å². The maximum Gasteiger partial charge on any atom is 0.408 e. The second-order valence-corrected chi connectivity index (χ2v) is 10.6. The highest BCUT2D eigenvalue weighted by Crippen LogP contribution is 2.31. The number of nitrogens with one attached hydrogen (secondary N) is 2. The summed E-state index contributed by atoms with van der Waals surface area (Å²) in [7, 11) is 0. The monoisotopic (exact) mass is 461 g/mol. The Bertz CT molecular complexity index is 837. The van der Waals surface area contributed by atoms with E-state index < -0.39 is 29.3 Å². The van der Waals surface area contributed by atoms with Crippen molar-refractivity contribution in [2.24, 2.45) is 0 Å². The van der Waals surface area contributed by atoms with Crippen molar-refractivity contribution in [3.63, 3.8) is 0 Å². The van der Waals surface area contributed by atoms with Crippen molar-refractivity contribution < 1.29 is 19.1 Å². The van der Waals surface area contributed by atoms with Gasteiger partial charge in [0.15, 0.2) is 0 Å². The number of ether oxygens (including phenoxy) is 1. The van der Waals surface area contributed by atoms with Crippen LogP contribution in [0.25, 0.3) is 0 Å². The van der Waals surface area contributed by atoms with E-state index >= 15 is 0 Å². The average molecular weight is 462 g/mol. The highest BCUT2D eigenvalue weighted by atomic mass is 16.6. The molecule has 1 rings (SSSR count). The molecule has 1 aromatic rings. The zero-order chi connectivity index (χ0) is 25.6. The van der Waals surface area contributed by atoms with Crippen LogP contribution in [0.1, 0.15) is 91.0 Å². The minimum absolute atomic E-state index is 0.237. The van der Waals surface area contributed by atoms with Gasteiger partial charge in [0.1, 0.15) is 17.7 Å². The Balaban J connectivity index is 3.39. The Morgan fingerprint density at radius 3 is 2.12 bits per heavy atom. The molecule has 0 saturated carbocycles. The maximum absolute atomic E-state index is 13.7. The van der Waals surface area contributed by atoms with Gasteiger partial charge in [-0.3, -0.25) is 9.59 Å². The van der Waals surface area contributed by atoms with Crippen molar-refractivity contribution in [1.82, 2.24) is 15.5 Å². The van der Waals surface area contributed by atoms with Gasteiger partial charge in [0, 0.05) is 12.1 Å². The summed E-state index contributed by atoms with van der Waals surface area (Å²) in [6, 6.07) is 4.10. The third-order valence-corrected chi connectivity index (χ3v) is 5.25. The summed E-state index contributed by atoms with van der Waals surface area (Å²) >= 11 is 0. The Morgan fingerprint density at radius 1 is 1.03 bits per heavy atom. The molecule has 0 heterocycles. The second kappa shape index (κ2) is 11.5. The van der Waals surface area contributed by atoms with Gasteiger partial charge in [-0.25, -0.2) is 4.79 Å². The summed E-state index contributed by atoms with van der Waals surface area (Å²) in [5.74, 6) is -0.596. The molecule has 0 fully saturated rings. The standard InChI is InChI=1S/C26H43N3O4/c1-11-12-15-27-22(30)21(20-14-13-17(2)18(3)16-20)29(25(5,6)7)23(31)19(4)28-24(32)33-26(8,9)10/h13-14,16,19,21H,11-12,15H2,1-10H3,(H,27,30)(H,28,32). The predicted molar refractivity (Wildman–Crippen MR) is 132 cm³/mol. The number of aryl methyl sites for hydroxylation is 2. The van der Waals surface area contributed by atoms with Crippen molar-refractivity contribution in [2.45, 2.75) is 105 Å². The first kappa shape index (κ1) is 28.5. The van der Waals surface area contributed by atoms with Crippen molar-refractivity contribution in [2.75, 3.05) is 6.54 Å². The molecule has 0 saturated heterocycles. The maximum atomic E-state index is 13.7. The van der Waals surface area contributed by atoms with Crippen LogP contribution in [0.15, 0.2) is 18.2 Å². The van der Waals surface area contributed by atoms with Gasteiger partial charge < -0.3 is 20.3 Å². The SMILES string of the molecule is CCCCNC(=O)C(c1ccc(C)c(C)c1)N(C(=O)C(C)NC(=O)OC(C)(C)C)C(C)(C)C. The Hall–Kier alpha value is -2.57. The molecule has 0 aromatic heterocycles. The number of carbonyl (C=O) groups excluding carboxylic acids is 3. The Morgan fingerprint density at radius 2 is 1.64 bits per heavy atom. The summed E-state index contributed by atoms with van der Waals surface area (Å²) < 4.78 is 5.31. The van der Waals surface area contributed by atoms with Gasteiger partial charge >= 0.3 is 6.09 Å². The molecule has 7 nitrogen and oxygen atoms in total. The lowest BCUT2D eigenvalue weighted by atomic mass is 9.93. The van der Waals surface area contributed by atoms with E-state index in [0.29, 0.717) is 6.54 Å². The molecule has 0 spiro atoms. The van der Waals surface area contributed by atoms with Crippen LogP contribution in [-0.4, -0.2) is 46.5 Å². The molecular weight excluding hydrogens is 418 g/mol. The summed E-state index contributed by atoms with van der Waals surface area (Å²) in [6.07, 6.45) is 1.13. The van der Waals surface area contributed by atoms with Crippen LogP contribution >= 0.6 is 0 Å². The largest absolute Gasteiger partial charge is 0.444 e. The van der Waals surface area contributed by atoms with Gasteiger partial charge in [-0.05, 0) is 85.4 Å². The quantitative estimate of drug-likeness (QED) is 0.544. The van der Waals surface area contributed by atoms with Crippen LogP contribution in [-0.2, 0) is 14.3 Å². The lowest BCUT2D eigenvalue weighted by Gasteiger charge is -2.42. The van der Waals surface area contributed by atoms with E-state index in [1.54, 1.807) is 32.6 Å². The zero-order valence-electron chi connectivity index (χ0n) is 22.1. The first-order chi connectivity index (χ1) is 15.1. The molecule has 3 amide bonds. The highest BCUT2D eigenvalue weighted by Gasteiger charge is 2.40. The van der Waals surface area contributed by atoms with E-state index in [2.05, 4.69) is 17.6 Å². The van der Waals surface area contributed by atoms with Crippen LogP contribution in [0.3, 0.4) is 0 Å². The highest BCUT2D eigenvalue weighted by molar-refractivity contribution is 5.92. The normalized spacial score (nSPS) is 13.6. The predicted octanol–water partition coefficient (Wildman–Crippen LogP) is 4.80. The fraction of sp³-hybridized carbons (Fsp3) is 0.654. The van der Waals surface area contributed by atoms with Gasteiger partial charge in [-0.1, -0.05) is 31.5 Å². The van der Waals surface area contributed by atoms with Crippen LogP contribution in [0, 0.1) is 13.8 Å². The van der Waals surface area contributed by atoms with Crippen molar-refractivity contribution >= 4 is 17.9 Å². The third-order valence-electron chi connectivity index (χ3n) is 5.25. The zero-order valence-corrected chi connectivity index (χ0v) is 22.1. The molecule has 0 radical (unpaired) electrons. The topological polar surface area (TPSA) is 87.7 Å². The number of carbonyl (C=O) groups is 3. The molecular formula is C26H43N3O4. The van der Waals surface area contributed by atoms with Gasteiger partial charge in [-0.15, -0.1) is 0 Å². The van der Waals surface area contributed by atoms with Crippen LogP contribution in [0.5, 0.6) is 0 Å².